The van der Waals surface area contributed by atoms with Gasteiger partial charge in [0.1, 0.15) is 5.02 Å². The van der Waals surface area contributed by atoms with Crippen LogP contribution in [0.4, 0.5) is 5.69 Å². The van der Waals surface area contributed by atoms with Crippen LogP contribution < -0.4 is 10.9 Å². The van der Waals surface area contributed by atoms with E-state index in [1.54, 1.807) is 18.2 Å². The number of esters is 1. The molecule has 1 aliphatic heterocycles. The second kappa shape index (κ2) is 8.52. The molecule has 11 heteroatoms. The lowest BCUT2D eigenvalue weighted by Crippen LogP contribution is -2.42. The minimum atomic E-state index is -3.21. The van der Waals surface area contributed by atoms with E-state index in [4.69, 9.17) is 16.3 Å². The third-order valence-electron chi connectivity index (χ3n) is 4.74. The number of halogens is 1. The number of methoxy groups -OCH3 is 1. The molecule has 0 amide bonds. The maximum Gasteiger partial charge on any atom is 0.340 e. The Hall–Kier alpha value is -2.43. The molecule has 0 bridgehead atoms. The van der Waals surface area contributed by atoms with Gasteiger partial charge in [0, 0.05) is 19.1 Å². The van der Waals surface area contributed by atoms with Gasteiger partial charge in [-0.3, -0.25) is 4.79 Å². The number of hydrogen-bond donors (Lipinski definition) is 1. The second-order valence-corrected chi connectivity index (χ2v) is 9.04. The van der Waals surface area contributed by atoms with Crippen LogP contribution in [0.5, 0.6) is 0 Å². The number of benzene rings is 1. The van der Waals surface area contributed by atoms with Crippen molar-refractivity contribution in [3.63, 3.8) is 0 Å². The van der Waals surface area contributed by atoms with Crippen molar-refractivity contribution in [1.82, 2.24) is 14.1 Å². The van der Waals surface area contributed by atoms with E-state index in [0.29, 0.717) is 31.6 Å². The van der Waals surface area contributed by atoms with Crippen LogP contribution in [0.3, 0.4) is 0 Å². The maximum absolute atomic E-state index is 12.8. The van der Waals surface area contributed by atoms with Gasteiger partial charge in [0.2, 0.25) is 10.0 Å². The lowest BCUT2D eigenvalue weighted by atomic mass is 10.1. The maximum atomic E-state index is 12.8. The first-order chi connectivity index (χ1) is 13.7. The summed E-state index contributed by atoms with van der Waals surface area (Å²) in [7, 11) is -1.96. The minimum absolute atomic E-state index is 0.0371. The number of carbonyl (C=O) groups is 1. The lowest BCUT2D eigenvalue weighted by molar-refractivity contribution is 0.0600. The highest BCUT2D eigenvalue weighted by molar-refractivity contribution is 7.88. The molecule has 1 aromatic heterocycles. The summed E-state index contributed by atoms with van der Waals surface area (Å²) >= 11 is 6.28. The average Bonchev–Trinajstić information content (AvgIpc) is 2.71. The van der Waals surface area contributed by atoms with E-state index in [-0.39, 0.29) is 22.3 Å². The Balaban J connectivity index is 1.83. The normalized spacial score (nSPS) is 15.8. The summed E-state index contributed by atoms with van der Waals surface area (Å²) in [6.45, 7) is 0.788. The predicted molar refractivity (Wildman–Crippen MR) is 109 cm³/mol. The van der Waals surface area contributed by atoms with E-state index in [2.05, 4.69) is 10.4 Å². The van der Waals surface area contributed by atoms with Crippen molar-refractivity contribution in [3.8, 4) is 5.69 Å². The smallest absolute Gasteiger partial charge is 0.340 e. The van der Waals surface area contributed by atoms with Gasteiger partial charge in [-0.1, -0.05) is 23.7 Å². The third kappa shape index (κ3) is 4.60. The van der Waals surface area contributed by atoms with Crippen molar-refractivity contribution in [1.29, 1.82) is 0 Å². The number of sulfonamides is 1. The summed E-state index contributed by atoms with van der Waals surface area (Å²) in [6, 6.07) is 6.40. The monoisotopic (exact) mass is 440 g/mol. The zero-order valence-corrected chi connectivity index (χ0v) is 17.5. The zero-order valence-electron chi connectivity index (χ0n) is 16.0. The molecular formula is C18H21ClN4O5S. The second-order valence-electron chi connectivity index (χ2n) is 6.68. The van der Waals surface area contributed by atoms with Gasteiger partial charge in [-0.05, 0) is 25.0 Å². The molecule has 0 spiro atoms. The first kappa shape index (κ1) is 21.3. The first-order valence-corrected chi connectivity index (χ1v) is 11.1. The van der Waals surface area contributed by atoms with E-state index < -0.39 is 21.6 Å². The van der Waals surface area contributed by atoms with Crippen LogP contribution in [0.2, 0.25) is 5.02 Å². The molecule has 1 aliphatic rings. The molecule has 29 heavy (non-hydrogen) atoms. The Kier molecular flexibility index (Phi) is 6.25. The van der Waals surface area contributed by atoms with E-state index in [9.17, 15) is 18.0 Å². The topological polar surface area (TPSA) is 111 Å². The van der Waals surface area contributed by atoms with Crippen LogP contribution in [0.1, 0.15) is 23.2 Å². The molecule has 156 valence electrons. The third-order valence-corrected chi connectivity index (χ3v) is 6.41. The van der Waals surface area contributed by atoms with Gasteiger partial charge >= 0.3 is 5.97 Å². The molecule has 9 nitrogen and oxygen atoms in total. The molecule has 1 N–H and O–H groups in total. The lowest BCUT2D eigenvalue weighted by Gasteiger charge is -2.31. The summed E-state index contributed by atoms with van der Waals surface area (Å²) in [5.41, 5.74) is 0.233. The van der Waals surface area contributed by atoms with Crippen molar-refractivity contribution in [2.75, 3.05) is 31.8 Å². The van der Waals surface area contributed by atoms with Gasteiger partial charge in [0.15, 0.2) is 0 Å². The summed E-state index contributed by atoms with van der Waals surface area (Å²) < 4.78 is 30.5. The predicted octanol–water partition coefficient (Wildman–Crippen LogP) is 1.51. The first-order valence-electron chi connectivity index (χ1n) is 8.89. The fourth-order valence-corrected chi connectivity index (χ4v) is 4.26. The van der Waals surface area contributed by atoms with Crippen LogP contribution >= 0.6 is 11.6 Å². The summed E-state index contributed by atoms with van der Waals surface area (Å²) in [5.74, 6) is -0.592. The molecule has 0 saturated carbocycles. The van der Waals surface area contributed by atoms with E-state index in [1.165, 1.54) is 29.9 Å². The number of anilines is 1. The van der Waals surface area contributed by atoms with Crippen molar-refractivity contribution >= 4 is 33.3 Å². The molecule has 2 aromatic rings. The van der Waals surface area contributed by atoms with E-state index in [0.717, 1.165) is 4.68 Å². The van der Waals surface area contributed by atoms with E-state index in [1.807, 2.05) is 0 Å². The number of rotatable bonds is 5. The van der Waals surface area contributed by atoms with Crippen molar-refractivity contribution in [3.05, 3.63) is 51.4 Å². The van der Waals surface area contributed by atoms with Crippen LogP contribution in [0, 0.1) is 0 Å². The quantitative estimate of drug-likeness (QED) is 0.701. The Morgan fingerprint density at radius 2 is 1.93 bits per heavy atom. The number of carbonyl (C=O) groups excluding carboxylic acids is 1. The highest BCUT2D eigenvalue weighted by Gasteiger charge is 2.26. The molecule has 2 heterocycles. The Morgan fingerprint density at radius 1 is 1.28 bits per heavy atom. The molecule has 0 atom stereocenters. The number of ether oxygens (including phenoxy) is 1. The molecule has 1 fully saturated rings. The van der Waals surface area contributed by atoms with Crippen LogP contribution in [-0.2, 0) is 14.8 Å². The standard InChI is InChI=1S/C18H21ClN4O5S/c1-28-18(25)13-5-3-4-6-15(13)23-17(24)16(19)14(11-20-23)21-12-7-9-22(10-8-12)29(2,26)27/h3-6,11-12,21H,7-10H2,1-2H3. The molecule has 0 aliphatic carbocycles. The number of aromatic nitrogens is 2. The van der Waals surface area contributed by atoms with Gasteiger partial charge in [-0.2, -0.15) is 9.78 Å². The molecule has 1 saturated heterocycles. The summed E-state index contributed by atoms with van der Waals surface area (Å²) in [5, 5.41) is 7.25. The van der Waals surface area contributed by atoms with Gasteiger partial charge in [-0.15, -0.1) is 0 Å². The molecule has 0 unspecified atom stereocenters. The number of hydrogen-bond acceptors (Lipinski definition) is 7. The Labute approximate surface area is 173 Å². The van der Waals surface area contributed by atoms with Crippen LogP contribution in [0.25, 0.3) is 5.69 Å². The zero-order chi connectivity index (χ0) is 21.2. The number of nitrogens with zero attached hydrogens (tertiary/aromatic N) is 3. The van der Waals surface area contributed by atoms with Gasteiger partial charge in [-0.25, -0.2) is 17.5 Å². The molecule has 3 rings (SSSR count). The van der Waals surface area contributed by atoms with Gasteiger partial charge in [0.25, 0.3) is 5.56 Å². The fourth-order valence-electron chi connectivity index (χ4n) is 3.20. The Bertz CT molecular complexity index is 1080. The van der Waals surface area contributed by atoms with Crippen molar-refractivity contribution in [2.45, 2.75) is 18.9 Å². The summed E-state index contributed by atoms with van der Waals surface area (Å²) in [6.07, 6.45) is 3.77. The number of piperidine rings is 1. The molecule has 0 radical (unpaired) electrons. The SMILES string of the molecule is COC(=O)c1ccccc1-n1ncc(NC2CCN(S(C)(=O)=O)CC2)c(Cl)c1=O. The van der Waals surface area contributed by atoms with Gasteiger partial charge in [0.05, 0.1) is 36.5 Å². The molecule has 1 aromatic carbocycles. The largest absolute Gasteiger partial charge is 0.465 e. The highest BCUT2D eigenvalue weighted by Crippen LogP contribution is 2.23. The fraction of sp³-hybridized carbons (Fsp3) is 0.389. The summed E-state index contributed by atoms with van der Waals surface area (Å²) in [4.78, 5) is 24.7. The number of para-hydroxylation sites is 1. The van der Waals surface area contributed by atoms with E-state index >= 15 is 0 Å². The van der Waals surface area contributed by atoms with Crippen molar-refractivity contribution < 1.29 is 17.9 Å². The molecular weight excluding hydrogens is 420 g/mol. The van der Waals surface area contributed by atoms with Crippen molar-refractivity contribution in [2.24, 2.45) is 0 Å². The number of nitrogens with one attached hydrogen (secondary N) is 1. The highest BCUT2D eigenvalue weighted by atomic mass is 35.5. The Morgan fingerprint density at radius 3 is 2.55 bits per heavy atom. The van der Waals surface area contributed by atoms with Crippen LogP contribution in [0.15, 0.2) is 35.3 Å². The average molecular weight is 441 g/mol. The van der Waals surface area contributed by atoms with Gasteiger partial charge < -0.3 is 10.1 Å². The van der Waals surface area contributed by atoms with Crippen LogP contribution in [-0.4, -0.2) is 61.0 Å². The minimum Gasteiger partial charge on any atom is -0.465 e.